The number of carbonyl (C=O) groups excluding carboxylic acids is 1. The predicted octanol–water partition coefficient (Wildman–Crippen LogP) is 3.33. The molecule has 6 heteroatoms. The number of carbonyl (C=O) groups is 1. The summed E-state index contributed by atoms with van der Waals surface area (Å²) in [7, 11) is 1.74. The predicted molar refractivity (Wildman–Crippen MR) is 92.6 cm³/mol. The monoisotopic (exact) mass is 322 g/mol. The van der Waals surface area contributed by atoms with Gasteiger partial charge in [-0.05, 0) is 24.3 Å². The third-order valence-electron chi connectivity index (χ3n) is 3.66. The molecule has 1 aromatic heterocycles. The van der Waals surface area contributed by atoms with Crippen LogP contribution in [0.4, 0.5) is 11.4 Å². The van der Waals surface area contributed by atoms with Crippen molar-refractivity contribution in [1.29, 1.82) is 0 Å². The fraction of sp³-hybridized carbons (Fsp3) is 0.167. The Bertz CT molecular complexity index is 830. The molecule has 2 aromatic carbocycles. The van der Waals surface area contributed by atoms with Gasteiger partial charge in [-0.15, -0.1) is 0 Å². The number of amides is 1. The molecule has 0 saturated carbocycles. The van der Waals surface area contributed by atoms with E-state index in [4.69, 9.17) is 4.52 Å². The molecule has 0 aliphatic rings. The average molecular weight is 322 g/mol. The number of benzene rings is 2. The van der Waals surface area contributed by atoms with E-state index >= 15 is 0 Å². The second kappa shape index (κ2) is 6.95. The topological polar surface area (TPSA) is 71.3 Å². The molecule has 3 aromatic rings. The Balaban J connectivity index is 1.73. The zero-order valence-corrected chi connectivity index (χ0v) is 13.6. The third-order valence-corrected chi connectivity index (χ3v) is 3.66. The first-order valence-electron chi connectivity index (χ1n) is 7.60. The molecule has 0 aliphatic heterocycles. The minimum atomic E-state index is -0.0322. The van der Waals surface area contributed by atoms with Crippen LogP contribution in [0.5, 0.6) is 0 Å². The van der Waals surface area contributed by atoms with E-state index < -0.39 is 0 Å². The van der Waals surface area contributed by atoms with Crippen LogP contribution < -0.4 is 10.2 Å². The van der Waals surface area contributed by atoms with Gasteiger partial charge in [-0.3, -0.25) is 4.79 Å². The summed E-state index contributed by atoms with van der Waals surface area (Å²) in [6.07, 6.45) is 0. The largest absolute Gasteiger partial charge is 0.376 e. The van der Waals surface area contributed by atoms with E-state index in [0.717, 1.165) is 16.9 Å². The summed E-state index contributed by atoms with van der Waals surface area (Å²) in [4.78, 5) is 17.6. The van der Waals surface area contributed by atoms with E-state index in [2.05, 4.69) is 15.5 Å². The van der Waals surface area contributed by atoms with Gasteiger partial charge in [-0.2, -0.15) is 4.98 Å². The van der Waals surface area contributed by atoms with Gasteiger partial charge in [-0.25, -0.2) is 0 Å². The third kappa shape index (κ3) is 3.43. The molecule has 0 bridgehead atoms. The van der Waals surface area contributed by atoms with Crippen LogP contribution in [0.25, 0.3) is 11.5 Å². The lowest BCUT2D eigenvalue weighted by atomic mass is 10.2. The van der Waals surface area contributed by atoms with Crippen molar-refractivity contribution in [2.75, 3.05) is 17.3 Å². The number of hydrogen-bond donors (Lipinski definition) is 1. The average Bonchev–Trinajstić information content (AvgIpc) is 3.09. The fourth-order valence-electron chi connectivity index (χ4n) is 2.28. The quantitative estimate of drug-likeness (QED) is 0.780. The van der Waals surface area contributed by atoms with E-state index in [1.54, 1.807) is 11.9 Å². The van der Waals surface area contributed by atoms with Crippen molar-refractivity contribution in [2.24, 2.45) is 0 Å². The normalized spacial score (nSPS) is 10.4. The van der Waals surface area contributed by atoms with E-state index in [1.165, 1.54) is 6.92 Å². The number of hydrogen-bond acceptors (Lipinski definition) is 5. The van der Waals surface area contributed by atoms with Crippen LogP contribution in [-0.2, 0) is 11.3 Å². The molecule has 3 rings (SSSR count). The summed E-state index contributed by atoms with van der Waals surface area (Å²) in [5, 5.41) is 7.24. The first-order chi connectivity index (χ1) is 11.6. The lowest BCUT2D eigenvalue weighted by Gasteiger charge is -2.19. The Hall–Kier alpha value is -3.15. The SMILES string of the molecule is CC(=O)N(C)c1ccccc1NCc1noc(-c2ccccc2)n1. The summed E-state index contributed by atoms with van der Waals surface area (Å²) in [5.41, 5.74) is 2.52. The first-order valence-corrected chi connectivity index (χ1v) is 7.60. The van der Waals surface area contributed by atoms with Crippen LogP contribution in [0.1, 0.15) is 12.7 Å². The van der Waals surface area contributed by atoms with Crippen LogP contribution >= 0.6 is 0 Å². The van der Waals surface area contributed by atoms with Crippen molar-refractivity contribution in [1.82, 2.24) is 10.1 Å². The van der Waals surface area contributed by atoms with Gasteiger partial charge in [0.1, 0.15) is 0 Å². The number of rotatable bonds is 5. The Morgan fingerprint density at radius 3 is 2.58 bits per heavy atom. The minimum absolute atomic E-state index is 0.0322. The van der Waals surface area contributed by atoms with Crippen molar-refractivity contribution < 1.29 is 9.32 Å². The van der Waals surface area contributed by atoms with Crippen molar-refractivity contribution in [3.8, 4) is 11.5 Å². The molecule has 1 amide bonds. The minimum Gasteiger partial charge on any atom is -0.376 e. The second-order valence-electron chi connectivity index (χ2n) is 5.33. The van der Waals surface area contributed by atoms with Gasteiger partial charge in [0.25, 0.3) is 5.89 Å². The van der Waals surface area contributed by atoms with Crippen molar-refractivity contribution in [3.05, 3.63) is 60.4 Å². The summed E-state index contributed by atoms with van der Waals surface area (Å²) in [6, 6.07) is 17.2. The molecule has 122 valence electrons. The lowest BCUT2D eigenvalue weighted by Crippen LogP contribution is -2.23. The lowest BCUT2D eigenvalue weighted by molar-refractivity contribution is -0.116. The molecule has 0 fully saturated rings. The molecular weight excluding hydrogens is 304 g/mol. The molecule has 1 N–H and O–H groups in total. The van der Waals surface area contributed by atoms with Gasteiger partial charge < -0.3 is 14.7 Å². The Kier molecular flexibility index (Phi) is 4.56. The molecule has 0 atom stereocenters. The smallest absolute Gasteiger partial charge is 0.257 e. The van der Waals surface area contributed by atoms with E-state index in [1.807, 2.05) is 54.6 Å². The first kappa shape index (κ1) is 15.7. The van der Waals surface area contributed by atoms with Crippen LogP contribution in [0.2, 0.25) is 0 Å². The maximum absolute atomic E-state index is 11.6. The second-order valence-corrected chi connectivity index (χ2v) is 5.33. The van der Waals surface area contributed by atoms with Gasteiger partial charge in [0.15, 0.2) is 5.82 Å². The molecule has 6 nitrogen and oxygen atoms in total. The molecule has 0 unspecified atom stereocenters. The van der Waals surface area contributed by atoms with Crippen molar-refractivity contribution in [3.63, 3.8) is 0 Å². The fourth-order valence-corrected chi connectivity index (χ4v) is 2.28. The maximum atomic E-state index is 11.6. The molecule has 0 saturated heterocycles. The standard InChI is InChI=1S/C18H18N4O2/c1-13(23)22(2)16-11-7-6-10-15(16)19-12-17-20-18(24-21-17)14-8-4-3-5-9-14/h3-11,19H,12H2,1-2H3. The van der Waals surface area contributed by atoms with Crippen molar-refractivity contribution in [2.45, 2.75) is 13.5 Å². The molecule has 0 radical (unpaired) electrons. The zero-order chi connectivity index (χ0) is 16.9. The maximum Gasteiger partial charge on any atom is 0.257 e. The summed E-state index contributed by atoms with van der Waals surface area (Å²) < 4.78 is 5.29. The molecule has 24 heavy (non-hydrogen) atoms. The summed E-state index contributed by atoms with van der Waals surface area (Å²) >= 11 is 0. The molecule has 0 spiro atoms. The van der Waals surface area contributed by atoms with Gasteiger partial charge in [0.2, 0.25) is 5.91 Å². The van der Waals surface area contributed by atoms with E-state index in [9.17, 15) is 4.79 Å². The van der Waals surface area contributed by atoms with Gasteiger partial charge in [-0.1, -0.05) is 35.5 Å². The molecule has 1 heterocycles. The van der Waals surface area contributed by atoms with Crippen LogP contribution in [0.15, 0.2) is 59.1 Å². The Morgan fingerprint density at radius 2 is 1.83 bits per heavy atom. The highest BCUT2D eigenvalue weighted by molar-refractivity contribution is 5.94. The Morgan fingerprint density at radius 1 is 1.12 bits per heavy atom. The highest BCUT2D eigenvalue weighted by Gasteiger charge is 2.12. The number of aromatic nitrogens is 2. The van der Waals surface area contributed by atoms with E-state index in [0.29, 0.717) is 18.3 Å². The van der Waals surface area contributed by atoms with Gasteiger partial charge >= 0.3 is 0 Å². The van der Waals surface area contributed by atoms with Crippen LogP contribution in [-0.4, -0.2) is 23.1 Å². The summed E-state index contributed by atoms with van der Waals surface area (Å²) in [6.45, 7) is 1.93. The number of nitrogens with one attached hydrogen (secondary N) is 1. The van der Waals surface area contributed by atoms with Crippen LogP contribution in [0.3, 0.4) is 0 Å². The molecular formula is C18H18N4O2. The number of nitrogens with zero attached hydrogens (tertiary/aromatic N) is 3. The van der Waals surface area contributed by atoms with Gasteiger partial charge in [0, 0.05) is 19.5 Å². The molecule has 0 aliphatic carbocycles. The Labute approximate surface area is 140 Å². The summed E-state index contributed by atoms with van der Waals surface area (Å²) in [5.74, 6) is 1.01. The van der Waals surface area contributed by atoms with Crippen LogP contribution in [0, 0.1) is 0 Å². The number of para-hydroxylation sites is 2. The van der Waals surface area contributed by atoms with Gasteiger partial charge in [0.05, 0.1) is 17.9 Å². The highest BCUT2D eigenvalue weighted by atomic mass is 16.5. The number of anilines is 2. The van der Waals surface area contributed by atoms with E-state index in [-0.39, 0.29) is 5.91 Å². The zero-order valence-electron chi connectivity index (χ0n) is 13.6. The van der Waals surface area contributed by atoms with Crippen molar-refractivity contribution >= 4 is 17.3 Å². The highest BCUT2D eigenvalue weighted by Crippen LogP contribution is 2.25.